The van der Waals surface area contributed by atoms with Gasteiger partial charge >= 0.3 is 0 Å². The van der Waals surface area contributed by atoms with Crippen LogP contribution in [0.15, 0.2) is 6.07 Å². The quantitative estimate of drug-likeness (QED) is 0.727. The van der Waals surface area contributed by atoms with Crippen molar-refractivity contribution in [1.82, 2.24) is 15.1 Å². The van der Waals surface area contributed by atoms with Crippen molar-refractivity contribution in [3.63, 3.8) is 0 Å². The molecule has 5 nitrogen and oxygen atoms in total. The van der Waals surface area contributed by atoms with Gasteiger partial charge in [0.15, 0.2) is 5.69 Å². The molecule has 7 heteroatoms. The molecule has 1 amide bonds. The van der Waals surface area contributed by atoms with Gasteiger partial charge in [0.25, 0.3) is 12.3 Å². The summed E-state index contributed by atoms with van der Waals surface area (Å²) in [5.41, 5.74) is 5.44. The van der Waals surface area contributed by atoms with E-state index in [1.54, 1.807) is 7.05 Å². The lowest BCUT2D eigenvalue weighted by Crippen LogP contribution is -2.28. The third-order valence-electron chi connectivity index (χ3n) is 1.57. The lowest BCUT2D eigenvalue weighted by molar-refractivity contribution is 0.0886. The van der Waals surface area contributed by atoms with Gasteiger partial charge in [0.2, 0.25) is 0 Å². The second-order valence-corrected chi connectivity index (χ2v) is 2.68. The van der Waals surface area contributed by atoms with E-state index in [9.17, 15) is 13.6 Å². The lowest BCUT2D eigenvalue weighted by atomic mass is 10.4. The van der Waals surface area contributed by atoms with Gasteiger partial charge in [-0.1, -0.05) is 0 Å². The number of nitrogen functional groups attached to an aromatic ring is 1. The van der Waals surface area contributed by atoms with Crippen LogP contribution in [0, 0.1) is 0 Å². The number of amides is 1. The Morgan fingerprint density at radius 2 is 2.43 bits per heavy atom. The van der Waals surface area contributed by atoms with Gasteiger partial charge in [-0.05, 0) is 0 Å². The van der Waals surface area contributed by atoms with Crippen LogP contribution in [0.5, 0.6) is 0 Å². The van der Waals surface area contributed by atoms with E-state index in [1.807, 2.05) is 5.32 Å². The van der Waals surface area contributed by atoms with E-state index in [0.29, 0.717) is 5.82 Å². The molecule has 0 aliphatic rings. The third-order valence-corrected chi connectivity index (χ3v) is 1.57. The van der Waals surface area contributed by atoms with Crippen molar-refractivity contribution in [2.24, 2.45) is 7.05 Å². The number of rotatable bonds is 3. The molecule has 78 valence electrons. The van der Waals surface area contributed by atoms with Crippen molar-refractivity contribution < 1.29 is 13.6 Å². The lowest BCUT2D eigenvalue weighted by Gasteiger charge is -2.00. The minimum absolute atomic E-state index is 0.0330. The normalized spacial score (nSPS) is 10.6. The van der Waals surface area contributed by atoms with Crippen LogP contribution in [0.25, 0.3) is 0 Å². The molecule has 0 aliphatic carbocycles. The van der Waals surface area contributed by atoms with Crippen LogP contribution in [0.2, 0.25) is 0 Å². The SMILES string of the molecule is Cn1nc(C(=O)NCC(F)F)cc1N. The van der Waals surface area contributed by atoms with E-state index in [2.05, 4.69) is 5.10 Å². The Hall–Kier alpha value is -1.66. The van der Waals surface area contributed by atoms with Gasteiger partial charge in [-0.25, -0.2) is 8.78 Å². The summed E-state index contributed by atoms with van der Waals surface area (Å²) in [6, 6.07) is 1.32. The molecule has 1 aromatic heterocycles. The zero-order valence-corrected chi connectivity index (χ0v) is 7.50. The Bertz CT molecular complexity index is 317. The summed E-state index contributed by atoms with van der Waals surface area (Å²) in [5.74, 6) is -0.357. The number of nitrogens with zero attached hydrogens (tertiary/aromatic N) is 2. The molecule has 3 N–H and O–H groups in total. The summed E-state index contributed by atoms with van der Waals surface area (Å²) in [6.45, 7) is -0.685. The van der Waals surface area contributed by atoms with Crippen LogP contribution in [0.1, 0.15) is 10.5 Å². The number of hydrogen-bond acceptors (Lipinski definition) is 3. The first-order valence-electron chi connectivity index (χ1n) is 3.86. The molecule has 0 aromatic carbocycles. The van der Waals surface area contributed by atoms with Gasteiger partial charge in [0.1, 0.15) is 5.82 Å². The summed E-state index contributed by atoms with van der Waals surface area (Å²) >= 11 is 0. The maximum Gasteiger partial charge on any atom is 0.272 e. The number of nitrogens with one attached hydrogen (secondary N) is 1. The fraction of sp³-hybridized carbons (Fsp3) is 0.429. The topological polar surface area (TPSA) is 72.9 Å². The Morgan fingerprint density at radius 3 is 2.86 bits per heavy atom. The molecule has 1 heterocycles. The summed E-state index contributed by atoms with van der Waals surface area (Å²) in [4.78, 5) is 11.1. The van der Waals surface area contributed by atoms with Crippen LogP contribution >= 0.6 is 0 Å². The van der Waals surface area contributed by atoms with Gasteiger partial charge in [-0.15, -0.1) is 0 Å². The van der Waals surface area contributed by atoms with E-state index in [1.165, 1.54) is 10.7 Å². The second kappa shape index (κ2) is 4.03. The Balaban J connectivity index is 2.61. The molecule has 0 unspecified atom stereocenters. The minimum atomic E-state index is -2.57. The monoisotopic (exact) mass is 204 g/mol. The van der Waals surface area contributed by atoms with Crippen LogP contribution in [-0.2, 0) is 7.05 Å². The van der Waals surface area contributed by atoms with Gasteiger partial charge < -0.3 is 11.1 Å². The van der Waals surface area contributed by atoms with Crippen LogP contribution < -0.4 is 11.1 Å². The standard InChI is InChI=1S/C7H10F2N4O/c1-13-6(10)2-4(12-13)7(14)11-3-5(8)9/h2,5H,3,10H2,1H3,(H,11,14). The van der Waals surface area contributed by atoms with E-state index >= 15 is 0 Å². The van der Waals surface area contributed by atoms with Crippen molar-refractivity contribution in [3.05, 3.63) is 11.8 Å². The molecule has 14 heavy (non-hydrogen) atoms. The number of hydrogen-bond donors (Lipinski definition) is 2. The number of carbonyl (C=O) groups is 1. The predicted molar refractivity (Wildman–Crippen MR) is 46.0 cm³/mol. The number of nitrogens with two attached hydrogens (primary N) is 1. The molecule has 0 atom stereocenters. The summed E-state index contributed by atoms with van der Waals surface area (Å²) in [6.07, 6.45) is -2.57. The molecular weight excluding hydrogens is 194 g/mol. The van der Waals surface area contributed by atoms with Crippen LogP contribution in [0.4, 0.5) is 14.6 Å². The Kier molecular flexibility index (Phi) is 3.00. The first-order valence-corrected chi connectivity index (χ1v) is 3.86. The van der Waals surface area contributed by atoms with Crippen molar-refractivity contribution in [1.29, 1.82) is 0 Å². The Morgan fingerprint density at radius 1 is 1.79 bits per heavy atom. The Labute approximate surface area is 78.9 Å². The van der Waals surface area contributed by atoms with E-state index < -0.39 is 18.9 Å². The molecule has 0 aliphatic heterocycles. The average Bonchev–Trinajstić information content (AvgIpc) is 2.43. The molecule has 0 radical (unpaired) electrons. The van der Waals surface area contributed by atoms with Gasteiger partial charge in [-0.3, -0.25) is 9.48 Å². The number of halogens is 2. The molecule has 0 spiro atoms. The maximum absolute atomic E-state index is 11.7. The third kappa shape index (κ3) is 2.41. The minimum Gasteiger partial charge on any atom is -0.384 e. The van der Waals surface area contributed by atoms with Crippen LogP contribution in [-0.4, -0.2) is 28.7 Å². The summed E-state index contributed by atoms with van der Waals surface area (Å²) in [5, 5.41) is 5.74. The molecule has 1 aromatic rings. The highest BCUT2D eigenvalue weighted by Crippen LogP contribution is 2.03. The largest absolute Gasteiger partial charge is 0.384 e. The number of alkyl halides is 2. The summed E-state index contributed by atoms with van der Waals surface area (Å²) < 4.78 is 24.7. The molecule has 1 rings (SSSR count). The molecular formula is C7H10F2N4O. The fourth-order valence-electron chi connectivity index (χ4n) is 0.853. The van der Waals surface area contributed by atoms with Gasteiger partial charge in [0, 0.05) is 13.1 Å². The summed E-state index contributed by atoms with van der Waals surface area (Å²) in [7, 11) is 1.55. The predicted octanol–water partition coefficient (Wildman–Crippen LogP) is -0.00280. The number of anilines is 1. The van der Waals surface area contributed by atoms with Crippen LogP contribution in [0.3, 0.4) is 0 Å². The van der Waals surface area contributed by atoms with Gasteiger partial charge in [-0.2, -0.15) is 5.10 Å². The number of aryl methyl sites for hydroxylation is 1. The second-order valence-electron chi connectivity index (χ2n) is 2.68. The van der Waals surface area contributed by atoms with Gasteiger partial charge in [0.05, 0.1) is 6.54 Å². The highest BCUT2D eigenvalue weighted by molar-refractivity contribution is 5.92. The molecule has 0 saturated heterocycles. The molecule has 0 fully saturated rings. The first kappa shape index (κ1) is 10.4. The zero-order chi connectivity index (χ0) is 10.7. The highest BCUT2D eigenvalue weighted by atomic mass is 19.3. The fourth-order valence-corrected chi connectivity index (χ4v) is 0.853. The number of aromatic nitrogens is 2. The maximum atomic E-state index is 11.7. The van der Waals surface area contributed by atoms with Crippen molar-refractivity contribution in [2.75, 3.05) is 12.3 Å². The van der Waals surface area contributed by atoms with Crippen molar-refractivity contribution in [3.8, 4) is 0 Å². The highest BCUT2D eigenvalue weighted by Gasteiger charge is 2.12. The van der Waals surface area contributed by atoms with Crippen molar-refractivity contribution >= 4 is 11.7 Å². The van der Waals surface area contributed by atoms with Crippen molar-refractivity contribution in [2.45, 2.75) is 6.43 Å². The smallest absolute Gasteiger partial charge is 0.272 e. The van der Waals surface area contributed by atoms with E-state index in [4.69, 9.17) is 5.73 Å². The zero-order valence-electron chi connectivity index (χ0n) is 7.50. The average molecular weight is 204 g/mol. The first-order chi connectivity index (χ1) is 6.50. The number of carbonyl (C=O) groups excluding carboxylic acids is 1. The van der Waals surface area contributed by atoms with E-state index in [0.717, 1.165) is 0 Å². The molecule has 0 bridgehead atoms. The van der Waals surface area contributed by atoms with E-state index in [-0.39, 0.29) is 5.69 Å². The molecule has 0 saturated carbocycles.